The predicted molar refractivity (Wildman–Crippen MR) is 26.9 cm³/mol. The van der Waals surface area contributed by atoms with Gasteiger partial charge < -0.3 is 5.11 Å². The maximum Gasteiger partial charge on any atom is 0.391 e. The highest BCUT2D eigenvalue weighted by atomic mass is 19.4. The van der Waals surface area contributed by atoms with Crippen LogP contribution in [-0.2, 0) is 0 Å². The van der Waals surface area contributed by atoms with Gasteiger partial charge in [-0.25, -0.2) is 0 Å². The third-order valence-corrected chi connectivity index (χ3v) is 1.12. The monoisotopic (exact) mass is 142 g/mol. The highest BCUT2D eigenvalue weighted by Crippen LogP contribution is 2.27. The van der Waals surface area contributed by atoms with E-state index in [2.05, 4.69) is 0 Å². The summed E-state index contributed by atoms with van der Waals surface area (Å²) < 4.78 is 34.6. The molecule has 1 nitrogen and oxygen atoms in total. The van der Waals surface area contributed by atoms with E-state index in [4.69, 9.17) is 5.11 Å². The van der Waals surface area contributed by atoms with Crippen molar-refractivity contribution >= 4 is 0 Å². The molecule has 0 aromatic carbocycles. The van der Waals surface area contributed by atoms with Crippen LogP contribution in [-0.4, -0.2) is 17.9 Å². The summed E-state index contributed by atoms with van der Waals surface area (Å²) in [6.07, 6.45) is -4.35. The minimum absolute atomic E-state index is 0.205. The summed E-state index contributed by atoms with van der Waals surface area (Å²) in [6.45, 7) is 0.650. The Bertz CT molecular complexity index is 78.8. The summed E-state index contributed by atoms with van der Waals surface area (Å²) in [7, 11) is 0. The van der Waals surface area contributed by atoms with Gasteiger partial charge in [0.1, 0.15) is 0 Å². The number of aliphatic hydroxyl groups is 1. The zero-order valence-corrected chi connectivity index (χ0v) is 5.07. The molecule has 0 radical (unpaired) electrons. The number of aliphatic hydroxyl groups excluding tert-OH is 1. The second-order valence-electron chi connectivity index (χ2n) is 1.95. The van der Waals surface area contributed by atoms with Crippen molar-refractivity contribution in [2.45, 2.75) is 19.5 Å². The average Bonchev–Trinajstić information content (AvgIpc) is 1.64. The summed E-state index contributed by atoms with van der Waals surface area (Å²) in [5.41, 5.74) is 0. The second-order valence-corrected chi connectivity index (χ2v) is 1.95. The minimum atomic E-state index is -4.15. The molecule has 56 valence electrons. The maximum absolute atomic E-state index is 11.5. The fourth-order valence-corrected chi connectivity index (χ4v) is 0.357. The largest absolute Gasteiger partial charge is 0.396 e. The van der Waals surface area contributed by atoms with Crippen molar-refractivity contribution in [1.82, 2.24) is 0 Å². The lowest BCUT2D eigenvalue weighted by molar-refractivity contribution is -0.172. The lowest BCUT2D eigenvalue weighted by Gasteiger charge is -2.12. The lowest BCUT2D eigenvalue weighted by atomic mass is 10.1. The van der Waals surface area contributed by atoms with E-state index in [1.807, 2.05) is 0 Å². The van der Waals surface area contributed by atoms with Crippen LogP contribution in [0.25, 0.3) is 0 Å². The normalized spacial score (nSPS) is 15.7. The summed E-state index contributed by atoms with van der Waals surface area (Å²) in [6, 6.07) is 0. The van der Waals surface area contributed by atoms with Gasteiger partial charge in [-0.05, 0) is 6.42 Å². The van der Waals surface area contributed by atoms with Gasteiger partial charge in [0.2, 0.25) is 0 Å². The second kappa shape index (κ2) is 3.06. The first-order chi connectivity index (χ1) is 3.98. The van der Waals surface area contributed by atoms with Gasteiger partial charge in [0.15, 0.2) is 0 Å². The molecule has 0 aromatic rings. The van der Waals surface area contributed by atoms with Crippen LogP contribution in [0.1, 0.15) is 13.3 Å². The molecule has 0 aliphatic heterocycles. The Hall–Kier alpha value is -0.250. The number of halogens is 3. The molecule has 0 saturated heterocycles. The van der Waals surface area contributed by atoms with Crippen LogP contribution in [0.15, 0.2) is 0 Å². The van der Waals surface area contributed by atoms with E-state index in [1.165, 1.54) is 0 Å². The zero-order valence-electron chi connectivity index (χ0n) is 5.07. The van der Waals surface area contributed by atoms with E-state index in [9.17, 15) is 13.2 Å². The Balaban J connectivity index is 3.59. The predicted octanol–water partition coefficient (Wildman–Crippen LogP) is 1.57. The Morgan fingerprint density at radius 1 is 1.44 bits per heavy atom. The van der Waals surface area contributed by atoms with Gasteiger partial charge in [-0.3, -0.25) is 0 Å². The average molecular weight is 142 g/mol. The molecule has 0 fully saturated rings. The fourth-order valence-electron chi connectivity index (χ4n) is 0.357. The maximum atomic E-state index is 11.5. The third-order valence-electron chi connectivity index (χ3n) is 1.12. The smallest absolute Gasteiger partial charge is 0.391 e. The van der Waals surface area contributed by atoms with Crippen molar-refractivity contribution in [3.05, 3.63) is 0 Å². The fraction of sp³-hybridized carbons (Fsp3) is 1.00. The summed E-state index contributed by atoms with van der Waals surface area (Å²) >= 11 is 0. The van der Waals surface area contributed by atoms with Gasteiger partial charge in [-0.15, -0.1) is 0 Å². The highest BCUT2D eigenvalue weighted by molar-refractivity contribution is 4.60. The first-order valence-electron chi connectivity index (χ1n) is 2.66. The van der Waals surface area contributed by atoms with Gasteiger partial charge in [0.05, 0.1) is 5.92 Å². The molecule has 0 heterocycles. The summed E-state index contributed by atoms with van der Waals surface area (Å²) in [4.78, 5) is 0. The molecular weight excluding hydrogens is 133 g/mol. The molecule has 0 saturated carbocycles. The van der Waals surface area contributed by atoms with Crippen molar-refractivity contribution in [2.75, 3.05) is 6.61 Å². The highest BCUT2D eigenvalue weighted by Gasteiger charge is 2.34. The van der Waals surface area contributed by atoms with Crippen molar-refractivity contribution in [2.24, 2.45) is 5.92 Å². The van der Waals surface area contributed by atoms with Crippen molar-refractivity contribution in [1.29, 1.82) is 0 Å². The number of rotatable bonds is 2. The van der Waals surface area contributed by atoms with E-state index >= 15 is 0 Å². The molecule has 0 rings (SSSR count). The Labute approximate surface area is 51.5 Å². The number of alkyl halides is 3. The standard InChI is InChI=1S/C5H9F3O/c1-4(2-3-9)5(6,7)8/h4,9H,2-3H2,1H3/t4-/m0/s1. The first-order valence-corrected chi connectivity index (χ1v) is 2.66. The molecule has 0 aromatic heterocycles. The molecule has 0 unspecified atom stereocenters. The van der Waals surface area contributed by atoms with E-state index < -0.39 is 18.7 Å². The van der Waals surface area contributed by atoms with Gasteiger partial charge in [0, 0.05) is 6.61 Å². The van der Waals surface area contributed by atoms with Gasteiger partial charge in [-0.1, -0.05) is 6.92 Å². The van der Waals surface area contributed by atoms with Crippen LogP contribution in [0.4, 0.5) is 13.2 Å². The molecule has 9 heavy (non-hydrogen) atoms. The topological polar surface area (TPSA) is 20.2 Å². The molecule has 0 bridgehead atoms. The molecule has 0 spiro atoms. The van der Waals surface area contributed by atoms with E-state index in [-0.39, 0.29) is 6.42 Å². The molecule has 4 heteroatoms. The van der Waals surface area contributed by atoms with Crippen LogP contribution in [0.3, 0.4) is 0 Å². The third kappa shape index (κ3) is 3.35. The minimum Gasteiger partial charge on any atom is -0.396 e. The molecule has 0 aliphatic carbocycles. The van der Waals surface area contributed by atoms with E-state index in [0.29, 0.717) is 0 Å². The summed E-state index contributed by atoms with van der Waals surface area (Å²) in [5.74, 6) is -1.39. The molecular formula is C5H9F3O. The van der Waals surface area contributed by atoms with Crippen LogP contribution in [0.5, 0.6) is 0 Å². The van der Waals surface area contributed by atoms with E-state index in [1.54, 1.807) is 0 Å². The molecule has 1 atom stereocenters. The van der Waals surface area contributed by atoms with Crippen LogP contribution < -0.4 is 0 Å². The number of hydrogen-bond donors (Lipinski definition) is 1. The Morgan fingerprint density at radius 2 is 1.89 bits per heavy atom. The van der Waals surface area contributed by atoms with Gasteiger partial charge in [-0.2, -0.15) is 13.2 Å². The molecule has 0 aliphatic rings. The number of hydrogen-bond acceptors (Lipinski definition) is 1. The van der Waals surface area contributed by atoms with Gasteiger partial charge in [0.25, 0.3) is 0 Å². The van der Waals surface area contributed by atoms with Crippen molar-refractivity contribution in [3.8, 4) is 0 Å². The zero-order chi connectivity index (χ0) is 7.49. The molecule has 0 amide bonds. The lowest BCUT2D eigenvalue weighted by Crippen LogP contribution is -2.20. The van der Waals surface area contributed by atoms with Gasteiger partial charge >= 0.3 is 6.18 Å². The van der Waals surface area contributed by atoms with Crippen molar-refractivity contribution in [3.63, 3.8) is 0 Å². The van der Waals surface area contributed by atoms with Crippen LogP contribution in [0.2, 0.25) is 0 Å². The quantitative estimate of drug-likeness (QED) is 0.620. The van der Waals surface area contributed by atoms with E-state index in [0.717, 1.165) is 6.92 Å². The molecule has 1 N–H and O–H groups in total. The Kier molecular flexibility index (Phi) is 2.97. The van der Waals surface area contributed by atoms with Crippen LogP contribution in [0, 0.1) is 5.92 Å². The SMILES string of the molecule is C[C@@H](CCO)C(F)(F)F. The first kappa shape index (κ1) is 8.75. The van der Waals surface area contributed by atoms with Crippen molar-refractivity contribution < 1.29 is 18.3 Å². The summed E-state index contributed by atoms with van der Waals surface area (Å²) in [5, 5.41) is 8.10. The Morgan fingerprint density at radius 3 is 2.00 bits per heavy atom. The van der Waals surface area contributed by atoms with Crippen LogP contribution >= 0.6 is 0 Å².